The van der Waals surface area contributed by atoms with Crippen molar-refractivity contribution in [1.29, 1.82) is 5.41 Å². The highest BCUT2D eigenvalue weighted by molar-refractivity contribution is 6.26. The number of nitrogens with one attached hydrogen (secondary N) is 1. The molecule has 0 heterocycles. The Morgan fingerprint density at radius 2 is 1.82 bits per heavy atom. The molecule has 110 valence electrons. The number of hydrogen-bond acceptors (Lipinski definition) is 4. The highest BCUT2D eigenvalue weighted by atomic mass is 16.3. The van der Waals surface area contributed by atoms with Gasteiger partial charge in [-0.2, -0.15) is 0 Å². The normalized spacial score (nSPS) is 13.3. The van der Waals surface area contributed by atoms with Gasteiger partial charge in [-0.15, -0.1) is 0 Å². The quantitative estimate of drug-likeness (QED) is 0.586. The number of nitrogen functional groups attached to an aromatic ring is 1. The van der Waals surface area contributed by atoms with Gasteiger partial charge in [0.05, 0.1) is 16.8 Å². The van der Waals surface area contributed by atoms with E-state index in [0.717, 1.165) is 12.0 Å². The number of allylic oxidation sites excluding steroid dienone is 2. The summed E-state index contributed by atoms with van der Waals surface area (Å²) in [6, 6.07) is 9.38. The fraction of sp³-hybridized carbons (Fsp3) is 0.111. The van der Waals surface area contributed by atoms with Crippen molar-refractivity contribution in [3.05, 3.63) is 59.2 Å². The first-order valence-electron chi connectivity index (χ1n) is 7.09. The molecule has 3 rings (SSSR count). The fourth-order valence-electron chi connectivity index (χ4n) is 2.69. The van der Waals surface area contributed by atoms with Crippen molar-refractivity contribution in [3.63, 3.8) is 0 Å². The first-order chi connectivity index (χ1) is 10.5. The Bertz CT molecular complexity index is 818. The molecule has 0 aliphatic heterocycles. The van der Waals surface area contributed by atoms with Crippen LogP contribution in [0.4, 0.5) is 5.69 Å². The maximum Gasteiger partial charge on any atom is 0.188 e. The molecule has 4 N–H and O–H groups in total. The van der Waals surface area contributed by atoms with Gasteiger partial charge in [0.15, 0.2) is 5.78 Å². The van der Waals surface area contributed by atoms with Gasteiger partial charge in [0.2, 0.25) is 0 Å². The zero-order chi connectivity index (χ0) is 15.9. The van der Waals surface area contributed by atoms with E-state index in [1.807, 2.05) is 24.3 Å². The number of aryl methyl sites for hydroxylation is 1. The minimum absolute atomic E-state index is 0.0730. The Morgan fingerprint density at radius 1 is 1.14 bits per heavy atom. The van der Waals surface area contributed by atoms with Crippen molar-refractivity contribution in [2.45, 2.75) is 13.3 Å². The largest absolute Gasteiger partial charge is 0.507 e. The van der Waals surface area contributed by atoms with E-state index in [0.29, 0.717) is 5.56 Å². The lowest BCUT2D eigenvalue weighted by Crippen LogP contribution is -2.15. The summed E-state index contributed by atoms with van der Waals surface area (Å²) in [6.07, 6.45) is 3.62. The summed E-state index contributed by atoms with van der Waals surface area (Å²) in [7, 11) is 0. The van der Waals surface area contributed by atoms with Crippen molar-refractivity contribution in [2.75, 3.05) is 5.73 Å². The van der Waals surface area contributed by atoms with E-state index >= 15 is 0 Å². The number of ketones is 1. The average molecular weight is 292 g/mol. The zero-order valence-corrected chi connectivity index (χ0v) is 12.2. The molecule has 0 amide bonds. The van der Waals surface area contributed by atoms with Gasteiger partial charge in [0.1, 0.15) is 5.75 Å². The summed E-state index contributed by atoms with van der Waals surface area (Å²) in [4.78, 5) is 12.0. The molecule has 0 unspecified atom stereocenters. The fourth-order valence-corrected chi connectivity index (χ4v) is 2.69. The Hall–Kier alpha value is -2.88. The van der Waals surface area contributed by atoms with Gasteiger partial charge >= 0.3 is 0 Å². The van der Waals surface area contributed by atoms with Crippen LogP contribution in [0.5, 0.6) is 5.75 Å². The molecule has 1 aliphatic carbocycles. The SMILES string of the molecule is CCc1ccc(-c2cc(N)c3c(c2O)C(=N)C=CC3=O)cc1. The van der Waals surface area contributed by atoms with Crippen molar-refractivity contribution < 1.29 is 9.90 Å². The highest BCUT2D eigenvalue weighted by Gasteiger charge is 2.25. The molecule has 2 aromatic carbocycles. The van der Waals surface area contributed by atoms with Gasteiger partial charge in [0.25, 0.3) is 0 Å². The van der Waals surface area contributed by atoms with E-state index in [1.54, 1.807) is 6.07 Å². The van der Waals surface area contributed by atoms with Crippen molar-refractivity contribution in [3.8, 4) is 16.9 Å². The first kappa shape index (κ1) is 14.1. The number of phenolic OH excluding ortho intramolecular Hbond substituents is 1. The number of fused-ring (bicyclic) bond motifs is 1. The molecule has 0 aromatic heterocycles. The molecule has 22 heavy (non-hydrogen) atoms. The van der Waals surface area contributed by atoms with E-state index in [-0.39, 0.29) is 34.1 Å². The summed E-state index contributed by atoms with van der Waals surface area (Å²) >= 11 is 0. The van der Waals surface area contributed by atoms with Crippen molar-refractivity contribution in [1.82, 2.24) is 0 Å². The van der Waals surface area contributed by atoms with E-state index in [1.165, 1.54) is 17.7 Å². The molecule has 0 atom stereocenters. The van der Waals surface area contributed by atoms with Crippen molar-refractivity contribution in [2.24, 2.45) is 0 Å². The van der Waals surface area contributed by atoms with Gasteiger partial charge in [-0.3, -0.25) is 4.79 Å². The molecule has 0 bridgehead atoms. The molecule has 0 saturated heterocycles. The molecule has 2 aromatic rings. The van der Waals surface area contributed by atoms with E-state index < -0.39 is 0 Å². The maximum atomic E-state index is 12.0. The van der Waals surface area contributed by atoms with Gasteiger partial charge in [-0.25, -0.2) is 0 Å². The van der Waals surface area contributed by atoms with Crippen LogP contribution in [0.25, 0.3) is 11.1 Å². The molecule has 4 nitrogen and oxygen atoms in total. The minimum atomic E-state index is -0.285. The topological polar surface area (TPSA) is 87.2 Å². The number of anilines is 1. The van der Waals surface area contributed by atoms with Crippen LogP contribution in [0.3, 0.4) is 0 Å². The molecule has 0 spiro atoms. The predicted molar refractivity (Wildman–Crippen MR) is 87.6 cm³/mol. The molecule has 0 saturated carbocycles. The number of aromatic hydroxyl groups is 1. The van der Waals surface area contributed by atoms with Crippen LogP contribution in [0.2, 0.25) is 0 Å². The summed E-state index contributed by atoms with van der Waals surface area (Å²) in [5, 5.41) is 18.5. The standard InChI is InChI=1S/C18H16N2O2/c1-2-10-3-5-11(6-4-10)12-9-14(20)16-15(21)8-7-13(19)17(16)18(12)22/h3-9,19,22H,2,20H2,1H3. The smallest absolute Gasteiger partial charge is 0.188 e. The third kappa shape index (κ3) is 2.09. The molecule has 1 aliphatic rings. The highest BCUT2D eigenvalue weighted by Crippen LogP contribution is 2.39. The van der Waals surface area contributed by atoms with Crippen molar-refractivity contribution >= 4 is 17.2 Å². The van der Waals surface area contributed by atoms with Gasteiger partial charge in [-0.05, 0) is 35.8 Å². The van der Waals surface area contributed by atoms with E-state index in [4.69, 9.17) is 11.1 Å². The number of hydrogen-bond donors (Lipinski definition) is 3. The lowest BCUT2D eigenvalue weighted by Gasteiger charge is -2.18. The molecule has 0 fully saturated rings. The second kappa shape index (κ2) is 5.15. The number of benzene rings is 2. The van der Waals surface area contributed by atoms with E-state index in [2.05, 4.69) is 6.92 Å². The molecule has 4 heteroatoms. The molecule has 0 radical (unpaired) electrons. The summed E-state index contributed by atoms with van der Waals surface area (Å²) in [6.45, 7) is 2.07. The average Bonchev–Trinajstić information content (AvgIpc) is 2.53. The minimum Gasteiger partial charge on any atom is -0.507 e. The molecular weight excluding hydrogens is 276 g/mol. The second-order valence-corrected chi connectivity index (χ2v) is 5.27. The van der Waals surface area contributed by atoms with E-state index in [9.17, 15) is 9.90 Å². The van der Waals surface area contributed by atoms with Crippen LogP contribution in [0.1, 0.15) is 28.4 Å². The summed E-state index contributed by atoms with van der Waals surface area (Å²) in [5.41, 5.74) is 9.31. The van der Waals surface area contributed by atoms with Crippen LogP contribution in [0.15, 0.2) is 42.5 Å². The maximum absolute atomic E-state index is 12.0. The Morgan fingerprint density at radius 3 is 2.45 bits per heavy atom. The summed E-state index contributed by atoms with van der Waals surface area (Å²) in [5.74, 6) is -0.358. The number of carbonyl (C=O) groups excluding carboxylic acids is 1. The zero-order valence-electron chi connectivity index (χ0n) is 12.2. The van der Waals surface area contributed by atoms with Gasteiger partial charge in [-0.1, -0.05) is 31.2 Å². The summed E-state index contributed by atoms with van der Waals surface area (Å²) < 4.78 is 0. The van der Waals surface area contributed by atoms with Crippen LogP contribution >= 0.6 is 0 Å². The lowest BCUT2D eigenvalue weighted by molar-refractivity contribution is 0.104. The van der Waals surface area contributed by atoms with Crippen LogP contribution in [0, 0.1) is 5.41 Å². The predicted octanol–water partition coefficient (Wildman–Crippen LogP) is 3.32. The third-order valence-corrected chi connectivity index (χ3v) is 3.92. The Kier molecular flexibility index (Phi) is 3.29. The Balaban J connectivity index is 2.23. The third-order valence-electron chi connectivity index (χ3n) is 3.92. The number of carbonyl (C=O) groups is 1. The van der Waals surface area contributed by atoms with Gasteiger partial charge in [0, 0.05) is 11.3 Å². The number of phenols is 1. The monoisotopic (exact) mass is 292 g/mol. The van der Waals surface area contributed by atoms with Crippen LogP contribution in [-0.2, 0) is 6.42 Å². The first-order valence-corrected chi connectivity index (χ1v) is 7.09. The van der Waals surface area contributed by atoms with Gasteiger partial charge < -0.3 is 16.2 Å². The Labute approximate surface area is 128 Å². The van der Waals surface area contributed by atoms with Crippen LogP contribution in [-0.4, -0.2) is 16.6 Å². The van der Waals surface area contributed by atoms with Crippen LogP contribution < -0.4 is 5.73 Å². The number of nitrogens with two attached hydrogens (primary N) is 1. The second-order valence-electron chi connectivity index (χ2n) is 5.27. The molecular formula is C18H16N2O2. The number of rotatable bonds is 2. The lowest BCUT2D eigenvalue weighted by atomic mass is 9.88.